The fourth-order valence-electron chi connectivity index (χ4n) is 2.84. The second kappa shape index (κ2) is 6.80. The van der Waals surface area contributed by atoms with Crippen molar-refractivity contribution in [2.45, 2.75) is 57.4 Å². The summed E-state index contributed by atoms with van der Waals surface area (Å²) in [4.78, 5) is 0. The first-order valence-electron chi connectivity index (χ1n) is 7.18. The Balaban J connectivity index is 1.83. The summed E-state index contributed by atoms with van der Waals surface area (Å²) in [7, 11) is 0. The summed E-state index contributed by atoms with van der Waals surface area (Å²) in [6.45, 7) is 3.44. The largest absolute Gasteiger partial charge is 0.313 e. The first kappa shape index (κ1) is 12.6. The average Bonchev–Trinajstić information content (AvgIpc) is 2.42. The smallest absolute Gasteiger partial charge is 0.00673 e. The van der Waals surface area contributed by atoms with Gasteiger partial charge in [-0.05, 0) is 30.7 Å². The molecule has 0 bridgehead atoms. The molecule has 0 spiro atoms. The van der Waals surface area contributed by atoms with Gasteiger partial charge >= 0.3 is 0 Å². The number of rotatable bonds is 5. The zero-order valence-electron chi connectivity index (χ0n) is 11.0. The molecule has 0 aromatic heterocycles. The Bertz CT molecular complexity index is 301. The van der Waals surface area contributed by atoms with Crippen LogP contribution in [0.15, 0.2) is 30.3 Å². The maximum Gasteiger partial charge on any atom is 0.00673 e. The van der Waals surface area contributed by atoms with E-state index in [1.54, 1.807) is 0 Å². The molecule has 2 rings (SSSR count). The van der Waals surface area contributed by atoms with E-state index in [1.165, 1.54) is 44.1 Å². The lowest BCUT2D eigenvalue weighted by atomic mass is 9.93. The van der Waals surface area contributed by atoms with Crippen LogP contribution >= 0.6 is 0 Å². The highest BCUT2D eigenvalue weighted by Gasteiger charge is 2.15. The van der Waals surface area contributed by atoms with Crippen molar-refractivity contribution in [1.29, 1.82) is 0 Å². The lowest BCUT2D eigenvalue weighted by Gasteiger charge is -2.25. The summed E-state index contributed by atoms with van der Waals surface area (Å²) in [6, 6.07) is 11.7. The van der Waals surface area contributed by atoms with Crippen molar-refractivity contribution >= 4 is 0 Å². The van der Waals surface area contributed by atoms with Crippen LogP contribution in [0.1, 0.15) is 56.9 Å². The summed E-state index contributed by atoms with van der Waals surface area (Å²) in [6.07, 6.45) is 8.26. The van der Waals surface area contributed by atoms with Crippen molar-refractivity contribution in [3.05, 3.63) is 35.9 Å². The number of benzene rings is 1. The van der Waals surface area contributed by atoms with E-state index in [2.05, 4.69) is 42.6 Å². The molecule has 1 aliphatic rings. The molecule has 94 valence electrons. The Kier molecular flexibility index (Phi) is 5.06. The third-order valence-corrected chi connectivity index (χ3v) is 4.02. The Morgan fingerprint density at radius 3 is 2.47 bits per heavy atom. The predicted octanol–water partition coefficient (Wildman–Crippen LogP) is 4.10. The van der Waals surface area contributed by atoms with E-state index in [0.717, 1.165) is 12.6 Å². The van der Waals surface area contributed by atoms with E-state index in [-0.39, 0.29) is 0 Å². The van der Waals surface area contributed by atoms with Gasteiger partial charge in [0.05, 0.1) is 0 Å². The van der Waals surface area contributed by atoms with Gasteiger partial charge in [0.25, 0.3) is 0 Å². The topological polar surface area (TPSA) is 12.0 Å². The van der Waals surface area contributed by atoms with E-state index in [0.29, 0.717) is 5.92 Å². The fraction of sp³-hybridized carbons (Fsp3) is 0.625. The highest BCUT2D eigenvalue weighted by molar-refractivity contribution is 5.19. The van der Waals surface area contributed by atoms with Gasteiger partial charge in [-0.1, -0.05) is 56.5 Å². The summed E-state index contributed by atoms with van der Waals surface area (Å²) in [5.74, 6) is 0.679. The van der Waals surface area contributed by atoms with Crippen molar-refractivity contribution in [2.75, 3.05) is 6.54 Å². The van der Waals surface area contributed by atoms with Crippen molar-refractivity contribution in [3.63, 3.8) is 0 Å². The van der Waals surface area contributed by atoms with Crippen LogP contribution in [0.25, 0.3) is 0 Å². The van der Waals surface area contributed by atoms with E-state index in [1.807, 2.05) is 0 Å². The van der Waals surface area contributed by atoms with Gasteiger partial charge < -0.3 is 5.32 Å². The summed E-state index contributed by atoms with van der Waals surface area (Å²) in [5.41, 5.74) is 1.48. The normalized spacial score (nSPS) is 19.1. The van der Waals surface area contributed by atoms with Crippen LogP contribution < -0.4 is 5.32 Å². The molecule has 0 radical (unpaired) electrons. The van der Waals surface area contributed by atoms with Gasteiger partial charge in [-0.25, -0.2) is 0 Å². The highest BCUT2D eigenvalue weighted by Crippen LogP contribution is 2.21. The van der Waals surface area contributed by atoms with Crippen LogP contribution in [0.3, 0.4) is 0 Å². The first-order chi connectivity index (χ1) is 8.40. The minimum atomic E-state index is 0.679. The Labute approximate surface area is 106 Å². The SMILES string of the molecule is CCC(CNC1CCCCC1)c1ccccc1. The third kappa shape index (κ3) is 3.85. The van der Waals surface area contributed by atoms with Gasteiger partial charge in [-0.3, -0.25) is 0 Å². The molecule has 1 aromatic rings. The van der Waals surface area contributed by atoms with E-state index < -0.39 is 0 Å². The van der Waals surface area contributed by atoms with Gasteiger partial charge in [0, 0.05) is 12.6 Å². The molecule has 1 heteroatoms. The molecular formula is C16H25N. The monoisotopic (exact) mass is 231 g/mol. The van der Waals surface area contributed by atoms with Crippen LogP contribution in [-0.4, -0.2) is 12.6 Å². The Morgan fingerprint density at radius 2 is 1.82 bits per heavy atom. The van der Waals surface area contributed by atoms with Crippen LogP contribution in [0.2, 0.25) is 0 Å². The number of hydrogen-bond acceptors (Lipinski definition) is 1. The maximum absolute atomic E-state index is 3.77. The minimum Gasteiger partial charge on any atom is -0.313 e. The van der Waals surface area contributed by atoms with E-state index >= 15 is 0 Å². The molecule has 1 fully saturated rings. The molecule has 0 saturated heterocycles. The molecule has 17 heavy (non-hydrogen) atoms. The molecule has 0 heterocycles. The van der Waals surface area contributed by atoms with E-state index in [4.69, 9.17) is 0 Å². The molecule has 1 saturated carbocycles. The molecule has 1 atom stereocenters. The second-order valence-corrected chi connectivity index (χ2v) is 5.26. The number of hydrogen-bond donors (Lipinski definition) is 1. The number of nitrogens with one attached hydrogen (secondary N) is 1. The van der Waals surface area contributed by atoms with Crippen molar-refractivity contribution in [2.24, 2.45) is 0 Å². The van der Waals surface area contributed by atoms with Gasteiger partial charge in [0.2, 0.25) is 0 Å². The molecule has 1 N–H and O–H groups in total. The molecule has 0 aliphatic heterocycles. The Morgan fingerprint density at radius 1 is 1.12 bits per heavy atom. The second-order valence-electron chi connectivity index (χ2n) is 5.26. The molecule has 1 nitrogen and oxygen atoms in total. The van der Waals surface area contributed by atoms with E-state index in [9.17, 15) is 0 Å². The zero-order chi connectivity index (χ0) is 11.9. The van der Waals surface area contributed by atoms with Crippen molar-refractivity contribution in [1.82, 2.24) is 5.32 Å². The highest BCUT2D eigenvalue weighted by atomic mass is 14.9. The van der Waals surface area contributed by atoms with Gasteiger partial charge in [0.1, 0.15) is 0 Å². The molecule has 1 aliphatic carbocycles. The predicted molar refractivity (Wildman–Crippen MR) is 74.3 cm³/mol. The minimum absolute atomic E-state index is 0.679. The summed E-state index contributed by atoms with van der Waals surface area (Å²) >= 11 is 0. The Hall–Kier alpha value is -0.820. The quantitative estimate of drug-likeness (QED) is 0.804. The van der Waals surface area contributed by atoms with Crippen molar-refractivity contribution in [3.8, 4) is 0 Å². The van der Waals surface area contributed by atoms with Crippen LogP contribution in [0.5, 0.6) is 0 Å². The fourth-order valence-corrected chi connectivity index (χ4v) is 2.84. The molecular weight excluding hydrogens is 206 g/mol. The lowest BCUT2D eigenvalue weighted by Crippen LogP contribution is -2.34. The molecule has 0 amide bonds. The molecule has 1 unspecified atom stereocenters. The van der Waals surface area contributed by atoms with Crippen LogP contribution in [0, 0.1) is 0 Å². The summed E-state index contributed by atoms with van der Waals surface area (Å²) < 4.78 is 0. The van der Waals surface area contributed by atoms with Crippen LogP contribution in [0.4, 0.5) is 0 Å². The van der Waals surface area contributed by atoms with Crippen molar-refractivity contribution < 1.29 is 0 Å². The standard InChI is InChI=1S/C16H25N/c1-2-14(15-9-5-3-6-10-15)13-17-16-11-7-4-8-12-16/h3,5-6,9-10,14,16-17H,2,4,7-8,11-13H2,1H3. The summed E-state index contributed by atoms with van der Waals surface area (Å²) in [5, 5.41) is 3.77. The van der Waals surface area contributed by atoms with Gasteiger partial charge in [-0.2, -0.15) is 0 Å². The molecule has 1 aromatic carbocycles. The lowest BCUT2D eigenvalue weighted by molar-refractivity contribution is 0.363. The average molecular weight is 231 g/mol. The van der Waals surface area contributed by atoms with Crippen LogP contribution in [-0.2, 0) is 0 Å². The van der Waals surface area contributed by atoms with Gasteiger partial charge in [0.15, 0.2) is 0 Å². The first-order valence-corrected chi connectivity index (χ1v) is 7.18. The third-order valence-electron chi connectivity index (χ3n) is 4.02. The maximum atomic E-state index is 3.77. The zero-order valence-corrected chi connectivity index (χ0v) is 11.0. The van der Waals surface area contributed by atoms with Gasteiger partial charge in [-0.15, -0.1) is 0 Å².